The third kappa shape index (κ3) is 4.23. The number of hydrogen-bond donors (Lipinski definition) is 1. The normalized spacial score (nSPS) is 13.7. The Bertz CT molecular complexity index is 456. The van der Waals surface area contributed by atoms with Crippen molar-refractivity contribution < 1.29 is 9.90 Å². The summed E-state index contributed by atoms with van der Waals surface area (Å²) in [5.74, 6) is 0. The number of rotatable bonds is 7. The smallest absolute Gasteiger partial charge is 0.214 e. The summed E-state index contributed by atoms with van der Waals surface area (Å²) in [6.45, 7) is 6.27. The third-order valence-corrected chi connectivity index (χ3v) is 3.70. The molecule has 0 aliphatic heterocycles. The molecule has 0 saturated carbocycles. The van der Waals surface area contributed by atoms with Crippen LogP contribution >= 0.6 is 0 Å². The number of amides is 1. The molecule has 0 heterocycles. The molecule has 1 unspecified atom stereocenters. The van der Waals surface area contributed by atoms with Gasteiger partial charge in [0.1, 0.15) is 0 Å². The van der Waals surface area contributed by atoms with Crippen LogP contribution in [0, 0.1) is 6.92 Å². The quantitative estimate of drug-likeness (QED) is 0.780. The Morgan fingerprint density at radius 2 is 1.95 bits per heavy atom. The van der Waals surface area contributed by atoms with Crippen LogP contribution in [-0.2, 0) is 4.79 Å². The zero-order valence-corrected chi connectivity index (χ0v) is 13.2. The van der Waals surface area contributed by atoms with E-state index in [1.165, 1.54) is 0 Å². The summed E-state index contributed by atoms with van der Waals surface area (Å²) in [6, 6.07) is 6.05. The van der Waals surface area contributed by atoms with Gasteiger partial charge in [0.05, 0.1) is 17.0 Å². The monoisotopic (exact) mass is 278 g/mol. The molecule has 1 atom stereocenters. The maximum atomic E-state index is 11.4. The number of carbonyl (C=O) groups is 1. The molecule has 0 fully saturated rings. The van der Waals surface area contributed by atoms with E-state index < -0.39 is 5.60 Å². The lowest BCUT2D eigenvalue weighted by Gasteiger charge is -2.28. The Morgan fingerprint density at radius 3 is 2.45 bits per heavy atom. The number of hydrogen-bond acceptors (Lipinski definition) is 3. The molecule has 1 amide bonds. The lowest BCUT2D eigenvalue weighted by atomic mass is 9.99. The minimum absolute atomic E-state index is 0.509. The molecule has 0 aromatic heterocycles. The summed E-state index contributed by atoms with van der Waals surface area (Å²) in [5.41, 5.74) is 2.26. The molecule has 0 bridgehead atoms. The molecule has 1 rings (SSSR count). The first-order chi connectivity index (χ1) is 9.30. The van der Waals surface area contributed by atoms with E-state index in [1.54, 1.807) is 11.8 Å². The standard InChI is InChI=1S/C16H26N2O2/c1-6-16(3,20)9-10-18(12-19)15-11-13(2)7-8-14(15)17(4)5/h7-8,11-12,20H,6,9-10H2,1-5H3. The van der Waals surface area contributed by atoms with Crippen molar-refractivity contribution in [1.82, 2.24) is 0 Å². The van der Waals surface area contributed by atoms with Crippen LogP contribution in [0.3, 0.4) is 0 Å². The minimum Gasteiger partial charge on any atom is -0.390 e. The Kier molecular flexibility index (Phi) is 5.57. The number of carbonyl (C=O) groups excluding carboxylic acids is 1. The van der Waals surface area contributed by atoms with E-state index in [4.69, 9.17) is 0 Å². The first kappa shape index (κ1) is 16.5. The van der Waals surface area contributed by atoms with Gasteiger partial charge in [0.2, 0.25) is 6.41 Å². The van der Waals surface area contributed by atoms with E-state index in [9.17, 15) is 9.90 Å². The maximum absolute atomic E-state index is 11.4. The van der Waals surface area contributed by atoms with Crippen molar-refractivity contribution in [2.75, 3.05) is 30.4 Å². The molecule has 1 aromatic carbocycles. The van der Waals surface area contributed by atoms with E-state index in [0.717, 1.165) is 23.3 Å². The minimum atomic E-state index is -0.733. The van der Waals surface area contributed by atoms with Crippen molar-refractivity contribution in [2.45, 2.75) is 39.2 Å². The highest BCUT2D eigenvalue weighted by Gasteiger charge is 2.20. The van der Waals surface area contributed by atoms with E-state index in [0.29, 0.717) is 19.4 Å². The van der Waals surface area contributed by atoms with Gasteiger partial charge >= 0.3 is 0 Å². The van der Waals surface area contributed by atoms with Gasteiger partial charge in [-0.25, -0.2) is 0 Å². The predicted molar refractivity (Wildman–Crippen MR) is 84.4 cm³/mol. The predicted octanol–water partition coefficient (Wildman–Crippen LogP) is 2.57. The number of benzene rings is 1. The largest absolute Gasteiger partial charge is 0.390 e. The van der Waals surface area contributed by atoms with E-state index in [2.05, 4.69) is 0 Å². The first-order valence-corrected chi connectivity index (χ1v) is 7.03. The SMILES string of the molecule is CCC(C)(O)CCN(C=O)c1cc(C)ccc1N(C)C. The van der Waals surface area contributed by atoms with Crippen molar-refractivity contribution >= 4 is 17.8 Å². The Morgan fingerprint density at radius 1 is 1.30 bits per heavy atom. The molecular weight excluding hydrogens is 252 g/mol. The van der Waals surface area contributed by atoms with Gasteiger partial charge < -0.3 is 14.9 Å². The second-order valence-electron chi connectivity index (χ2n) is 5.79. The van der Waals surface area contributed by atoms with Gasteiger partial charge in [-0.1, -0.05) is 13.0 Å². The van der Waals surface area contributed by atoms with Gasteiger partial charge in [-0.3, -0.25) is 4.79 Å². The third-order valence-electron chi connectivity index (χ3n) is 3.70. The molecule has 20 heavy (non-hydrogen) atoms. The number of nitrogens with zero attached hydrogens (tertiary/aromatic N) is 2. The van der Waals surface area contributed by atoms with Crippen LogP contribution in [-0.4, -0.2) is 37.8 Å². The van der Waals surface area contributed by atoms with Gasteiger partial charge in [-0.05, 0) is 44.4 Å². The van der Waals surface area contributed by atoms with Gasteiger partial charge in [0.25, 0.3) is 0 Å². The molecule has 0 radical (unpaired) electrons. The van der Waals surface area contributed by atoms with Gasteiger partial charge in [0.15, 0.2) is 0 Å². The zero-order chi connectivity index (χ0) is 15.3. The number of anilines is 2. The van der Waals surface area contributed by atoms with Crippen LogP contribution in [0.5, 0.6) is 0 Å². The Hall–Kier alpha value is -1.55. The second-order valence-corrected chi connectivity index (χ2v) is 5.79. The van der Waals surface area contributed by atoms with E-state index >= 15 is 0 Å². The average molecular weight is 278 g/mol. The summed E-state index contributed by atoms with van der Waals surface area (Å²) < 4.78 is 0. The fraction of sp³-hybridized carbons (Fsp3) is 0.562. The van der Waals surface area contributed by atoms with Crippen molar-refractivity contribution in [3.8, 4) is 0 Å². The summed E-state index contributed by atoms with van der Waals surface area (Å²) in [5, 5.41) is 10.1. The lowest BCUT2D eigenvalue weighted by molar-refractivity contribution is -0.107. The summed E-state index contributed by atoms with van der Waals surface area (Å²) in [6.07, 6.45) is 2.07. The molecule has 4 heteroatoms. The fourth-order valence-electron chi connectivity index (χ4n) is 2.01. The molecule has 0 aliphatic rings. The highest BCUT2D eigenvalue weighted by atomic mass is 16.3. The topological polar surface area (TPSA) is 43.8 Å². The Labute approximate surface area is 122 Å². The Balaban J connectivity index is 3.00. The van der Waals surface area contributed by atoms with Gasteiger partial charge in [0, 0.05) is 20.6 Å². The molecule has 0 spiro atoms. The lowest BCUT2D eigenvalue weighted by Crippen LogP contribution is -2.32. The molecular formula is C16H26N2O2. The van der Waals surface area contributed by atoms with Crippen LogP contribution in [0.4, 0.5) is 11.4 Å². The second kappa shape index (κ2) is 6.75. The van der Waals surface area contributed by atoms with Crippen LogP contribution in [0.2, 0.25) is 0 Å². The highest BCUT2D eigenvalue weighted by molar-refractivity contribution is 5.84. The zero-order valence-electron chi connectivity index (χ0n) is 13.2. The highest BCUT2D eigenvalue weighted by Crippen LogP contribution is 2.29. The van der Waals surface area contributed by atoms with Crippen molar-refractivity contribution in [2.24, 2.45) is 0 Å². The van der Waals surface area contributed by atoms with Crippen molar-refractivity contribution in [3.05, 3.63) is 23.8 Å². The van der Waals surface area contributed by atoms with E-state index in [1.807, 2.05) is 51.0 Å². The van der Waals surface area contributed by atoms with Crippen LogP contribution in [0.1, 0.15) is 32.3 Å². The summed E-state index contributed by atoms with van der Waals surface area (Å²) in [4.78, 5) is 15.1. The summed E-state index contributed by atoms with van der Waals surface area (Å²) in [7, 11) is 3.92. The molecule has 0 saturated heterocycles. The maximum Gasteiger partial charge on any atom is 0.214 e. The first-order valence-electron chi connectivity index (χ1n) is 7.03. The van der Waals surface area contributed by atoms with Crippen molar-refractivity contribution in [3.63, 3.8) is 0 Å². The van der Waals surface area contributed by atoms with E-state index in [-0.39, 0.29) is 0 Å². The van der Waals surface area contributed by atoms with Crippen LogP contribution < -0.4 is 9.80 Å². The summed E-state index contributed by atoms with van der Waals surface area (Å²) >= 11 is 0. The van der Waals surface area contributed by atoms with Gasteiger partial charge in [-0.15, -0.1) is 0 Å². The molecule has 0 aliphatic carbocycles. The van der Waals surface area contributed by atoms with Crippen LogP contribution in [0.15, 0.2) is 18.2 Å². The van der Waals surface area contributed by atoms with Gasteiger partial charge in [-0.2, -0.15) is 0 Å². The van der Waals surface area contributed by atoms with Crippen LogP contribution in [0.25, 0.3) is 0 Å². The fourth-order valence-corrected chi connectivity index (χ4v) is 2.01. The molecule has 112 valence electrons. The molecule has 4 nitrogen and oxygen atoms in total. The number of aliphatic hydroxyl groups is 1. The molecule has 1 N–H and O–H groups in total. The average Bonchev–Trinajstić information content (AvgIpc) is 2.39. The number of aryl methyl sites for hydroxylation is 1. The molecule has 1 aromatic rings. The van der Waals surface area contributed by atoms with Crippen molar-refractivity contribution in [1.29, 1.82) is 0 Å².